The largest absolute Gasteiger partial charge is 0.318 e. The van der Waals surface area contributed by atoms with E-state index in [0.29, 0.717) is 0 Å². The van der Waals surface area contributed by atoms with Crippen LogP contribution in [0.5, 0.6) is 0 Å². The van der Waals surface area contributed by atoms with Gasteiger partial charge in [-0.05, 0) is 42.2 Å². The summed E-state index contributed by atoms with van der Waals surface area (Å²) in [5.74, 6) is -0.246. The van der Waals surface area contributed by atoms with Gasteiger partial charge in [0.15, 0.2) is 0 Å². The maximum atomic E-state index is 13.4. The van der Waals surface area contributed by atoms with Gasteiger partial charge in [-0.15, -0.1) is 0 Å². The van der Waals surface area contributed by atoms with Crippen molar-refractivity contribution in [1.82, 2.24) is 0 Å². The zero-order valence-electron chi connectivity index (χ0n) is 10.8. The highest BCUT2D eigenvalue weighted by molar-refractivity contribution is 5.42. The lowest BCUT2D eigenvalue weighted by atomic mass is 9.79. The van der Waals surface area contributed by atoms with E-state index in [9.17, 15) is 4.39 Å². The topological polar surface area (TPSA) is 26.0 Å². The van der Waals surface area contributed by atoms with E-state index in [2.05, 4.69) is 0 Å². The van der Waals surface area contributed by atoms with Gasteiger partial charge in [-0.1, -0.05) is 43.3 Å². The Morgan fingerprint density at radius 2 is 1.83 bits per heavy atom. The average molecular weight is 243 g/mol. The first kappa shape index (κ1) is 12.8. The van der Waals surface area contributed by atoms with Gasteiger partial charge in [0.25, 0.3) is 0 Å². The molecule has 0 aromatic heterocycles. The van der Waals surface area contributed by atoms with E-state index in [-0.39, 0.29) is 5.82 Å². The van der Waals surface area contributed by atoms with Gasteiger partial charge in [0, 0.05) is 0 Å². The summed E-state index contributed by atoms with van der Waals surface area (Å²) in [5, 5.41) is 0. The van der Waals surface area contributed by atoms with Crippen molar-refractivity contribution in [2.75, 3.05) is 0 Å². The second kappa shape index (κ2) is 4.91. The lowest BCUT2D eigenvalue weighted by Crippen LogP contribution is -2.38. The Morgan fingerprint density at radius 1 is 1.11 bits per heavy atom. The molecule has 0 aliphatic carbocycles. The van der Waals surface area contributed by atoms with Crippen molar-refractivity contribution in [1.29, 1.82) is 0 Å². The third-order valence-corrected chi connectivity index (χ3v) is 3.52. The maximum absolute atomic E-state index is 13.4. The fourth-order valence-corrected chi connectivity index (χ4v) is 2.39. The van der Waals surface area contributed by atoms with Crippen molar-refractivity contribution in [2.45, 2.75) is 25.8 Å². The van der Waals surface area contributed by atoms with Gasteiger partial charge >= 0.3 is 0 Å². The van der Waals surface area contributed by atoms with Crippen LogP contribution in [-0.4, -0.2) is 0 Å². The van der Waals surface area contributed by atoms with Crippen molar-refractivity contribution < 1.29 is 4.39 Å². The Hall–Kier alpha value is -1.67. The molecule has 2 heteroatoms. The van der Waals surface area contributed by atoms with Crippen LogP contribution in [-0.2, 0) is 5.54 Å². The first-order valence-electron chi connectivity index (χ1n) is 6.19. The molecule has 2 aromatic carbocycles. The van der Waals surface area contributed by atoms with Crippen LogP contribution >= 0.6 is 0 Å². The van der Waals surface area contributed by atoms with Crippen LogP contribution < -0.4 is 5.73 Å². The molecule has 1 nitrogen and oxygen atoms in total. The summed E-state index contributed by atoms with van der Waals surface area (Å²) in [4.78, 5) is 0. The van der Waals surface area contributed by atoms with E-state index in [1.165, 1.54) is 12.1 Å². The van der Waals surface area contributed by atoms with Gasteiger partial charge in [0.05, 0.1) is 5.54 Å². The molecule has 2 N–H and O–H groups in total. The molecule has 0 saturated carbocycles. The van der Waals surface area contributed by atoms with Crippen molar-refractivity contribution in [3.05, 3.63) is 71.0 Å². The van der Waals surface area contributed by atoms with Crippen molar-refractivity contribution in [3.8, 4) is 0 Å². The van der Waals surface area contributed by atoms with Gasteiger partial charge in [-0.2, -0.15) is 0 Å². The highest BCUT2D eigenvalue weighted by Gasteiger charge is 2.29. The first-order valence-corrected chi connectivity index (χ1v) is 6.19. The fraction of sp³-hybridized carbons (Fsp3) is 0.250. The summed E-state index contributed by atoms with van der Waals surface area (Å²) in [7, 11) is 0. The first-order chi connectivity index (χ1) is 8.58. The molecule has 0 fully saturated rings. The number of aryl methyl sites for hydroxylation is 1. The summed E-state index contributed by atoms with van der Waals surface area (Å²) in [6.45, 7) is 4.06. The number of benzene rings is 2. The highest BCUT2D eigenvalue weighted by Crippen LogP contribution is 2.32. The smallest absolute Gasteiger partial charge is 0.123 e. The third-order valence-electron chi connectivity index (χ3n) is 3.52. The second-order valence-electron chi connectivity index (χ2n) is 4.65. The van der Waals surface area contributed by atoms with E-state index in [4.69, 9.17) is 5.73 Å². The van der Waals surface area contributed by atoms with Gasteiger partial charge in [0.1, 0.15) is 5.82 Å². The molecule has 0 aliphatic rings. The lowest BCUT2D eigenvalue weighted by molar-refractivity contribution is 0.510. The van der Waals surface area contributed by atoms with Gasteiger partial charge in [0.2, 0.25) is 0 Å². The molecule has 94 valence electrons. The minimum Gasteiger partial charge on any atom is -0.318 e. The molecule has 0 spiro atoms. The van der Waals surface area contributed by atoms with Crippen LogP contribution in [0, 0.1) is 12.7 Å². The molecule has 0 amide bonds. The van der Waals surface area contributed by atoms with E-state index >= 15 is 0 Å². The summed E-state index contributed by atoms with van der Waals surface area (Å²) in [5.41, 5.74) is 8.91. The molecular formula is C16H18FN. The molecule has 18 heavy (non-hydrogen) atoms. The summed E-state index contributed by atoms with van der Waals surface area (Å²) >= 11 is 0. The Kier molecular flexibility index (Phi) is 3.48. The van der Waals surface area contributed by atoms with E-state index < -0.39 is 5.54 Å². The van der Waals surface area contributed by atoms with Crippen molar-refractivity contribution in [2.24, 2.45) is 5.73 Å². The zero-order chi connectivity index (χ0) is 13.2. The van der Waals surface area contributed by atoms with E-state index in [1.807, 2.05) is 44.2 Å². The molecular weight excluding hydrogens is 225 g/mol. The summed E-state index contributed by atoms with van der Waals surface area (Å²) in [6.07, 6.45) is 0.724. The molecule has 1 atom stereocenters. The van der Waals surface area contributed by atoms with Crippen molar-refractivity contribution >= 4 is 0 Å². The minimum atomic E-state index is -0.632. The molecule has 0 radical (unpaired) electrons. The normalized spacial score (nSPS) is 14.2. The van der Waals surface area contributed by atoms with E-state index in [0.717, 1.165) is 23.1 Å². The lowest BCUT2D eigenvalue weighted by Gasteiger charge is -2.31. The predicted octanol–water partition coefficient (Wildman–Crippen LogP) is 3.75. The minimum absolute atomic E-state index is 0.246. The van der Waals surface area contributed by atoms with Crippen LogP contribution in [0.2, 0.25) is 0 Å². The number of hydrogen-bond acceptors (Lipinski definition) is 1. The summed E-state index contributed by atoms with van der Waals surface area (Å²) < 4.78 is 13.4. The molecule has 1 unspecified atom stereocenters. The molecule has 0 heterocycles. The quantitative estimate of drug-likeness (QED) is 0.873. The van der Waals surface area contributed by atoms with Crippen LogP contribution in [0.25, 0.3) is 0 Å². The highest BCUT2D eigenvalue weighted by atomic mass is 19.1. The van der Waals surface area contributed by atoms with Gasteiger partial charge < -0.3 is 5.73 Å². The van der Waals surface area contributed by atoms with Gasteiger partial charge in [-0.3, -0.25) is 0 Å². The van der Waals surface area contributed by atoms with Crippen LogP contribution in [0.4, 0.5) is 4.39 Å². The third kappa shape index (κ3) is 2.16. The fourth-order valence-electron chi connectivity index (χ4n) is 2.39. The van der Waals surface area contributed by atoms with Crippen molar-refractivity contribution in [3.63, 3.8) is 0 Å². The zero-order valence-corrected chi connectivity index (χ0v) is 10.8. The second-order valence-corrected chi connectivity index (χ2v) is 4.65. The molecule has 0 bridgehead atoms. The molecule has 0 aliphatic heterocycles. The Morgan fingerprint density at radius 3 is 2.44 bits per heavy atom. The standard InChI is InChI=1S/C16H18FN/c1-3-16(18,13-8-6-9-14(17)11-13)15-10-5-4-7-12(15)2/h4-11H,3,18H2,1-2H3. The summed E-state index contributed by atoms with van der Waals surface area (Å²) in [6, 6.07) is 14.6. The average Bonchev–Trinajstić information content (AvgIpc) is 2.38. The SMILES string of the molecule is CCC(N)(c1cccc(F)c1)c1ccccc1C. The number of rotatable bonds is 3. The molecule has 2 aromatic rings. The molecule has 2 rings (SSSR count). The Labute approximate surface area is 107 Å². The van der Waals surface area contributed by atoms with Crippen LogP contribution in [0.1, 0.15) is 30.0 Å². The van der Waals surface area contributed by atoms with Crippen LogP contribution in [0.15, 0.2) is 48.5 Å². The number of hydrogen-bond donors (Lipinski definition) is 1. The van der Waals surface area contributed by atoms with Crippen LogP contribution in [0.3, 0.4) is 0 Å². The molecule has 0 saturated heterocycles. The predicted molar refractivity (Wildman–Crippen MR) is 72.8 cm³/mol. The van der Waals surface area contributed by atoms with E-state index in [1.54, 1.807) is 6.07 Å². The number of nitrogens with two attached hydrogens (primary N) is 1. The van der Waals surface area contributed by atoms with Gasteiger partial charge in [-0.25, -0.2) is 4.39 Å². The monoisotopic (exact) mass is 243 g/mol. The maximum Gasteiger partial charge on any atom is 0.123 e. The Balaban J connectivity index is 2.59. The number of halogens is 1. The Bertz CT molecular complexity index is 550.